The van der Waals surface area contributed by atoms with E-state index in [0.717, 1.165) is 31.2 Å². The molecule has 7 heteroatoms. The number of anilines is 1. The van der Waals surface area contributed by atoms with E-state index in [1.54, 1.807) is 29.2 Å². The fraction of sp³-hybridized carbons (Fsp3) is 0.435. The molecule has 0 saturated heterocycles. The molecule has 0 aromatic heterocycles. The zero-order valence-electron chi connectivity index (χ0n) is 17.6. The van der Waals surface area contributed by atoms with E-state index in [1.165, 1.54) is 6.07 Å². The predicted octanol–water partition coefficient (Wildman–Crippen LogP) is 6.91. The Hall–Kier alpha value is -2.70. The maximum absolute atomic E-state index is 13.9. The Morgan fingerprint density at radius 3 is 2.07 bits per heavy atom. The predicted molar refractivity (Wildman–Crippen MR) is 112 cm³/mol. The van der Waals surface area contributed by atoms with Crippen molar-refractivity contribution in [1.82, 2.24) is 0 Å². The molecule has 0 aliphatic carbocycles. The number of aromatic carboxylic acids is 1. The van der Waals surface area contributed by atoms with Gasteiger partial charge in [-0.15, -0.1) is 0 Å². The highest BCUT2D eigenvalue weighted by molar-refractivity contribution is 5.90. The molecule has 0 bridgehead atoms. The molecule has 0 saturated carbocycles. The van der Waals surface area contributed by atoms with Crippen molar-refractivity contribution in [2.75, 3.05) is 18.0 Å². The summed E-state index contributed by atoms with van der Waals surface area (Å²) < 4.78 is 47.5. The lowest BCUT2D eigenvalue weighted by Crippen LogP contribution is -2.27. The summed E-state index contributed by atoms with van der Waals surface area (Å²) >= 11 is 0. The summed E-state index contributed by atoms with van der Waals surface area (Å²) in [5, 5.41) is 9.42. The Kier molecular flexibility index (Phi) is 8.15. The summed E-state index contributed by atoms with van der Waals surface area (Å²) in [4.78, 5) is 13.4. The van der Waals surface area contributed by atoms with Gasteiger partial charge in [-0.05, 0) is 44.0 Å². The number of alkyl halides is 3. The molecule has 2 aromatic rings. The first-order valence-corrected chi connectivity index (χ1v) is 10.1. The molecule has 0 amide bonds. The molecule has 0 radical (unpaired) electrons. The van der Waals surface area contributed by atoms with E-state index in [-0.39, 0.29) is 17.2 Å². The number of benzene rings is 2. The van der Waals surface area contributed by atoms with Crippen LogP contribution in [0.5, 0.6) is 11.5 Å². The number of hydrogen-bond acceptors (Lipinski definition) is 3. The number of carboxylic acids is 1. The summed E-state index contributed by atoms with van der Waals surface area (Å²) in [7, 11) is 0. The van der Waals surface area contributed by atoms with Gasteiger partial charge in [-0.2, -0.15) is 13.2 Å². The van der Waals surface area contributed by atoms with Gasteiger partial charge in [-0.1, -0.05) is 44.4 Å². The van der Waals surface area contributed by atoms with E-state index >= 15 is 0 Å². The van der Waals surface area contributed by atoms with Crippen LogP contribution in [0.15, 0.2) is 36.4 Å². The average molecular weight is 423 g/mol. The van der Waals surface area contributed by atoms with Gasteiger partial charge in [0.2, 0.25) is 0 Å². The Labute approximate surface area is 175 Å². The Morgan fingerprint density at radius 1 is 1.03 bits per heavy atom. The minimum Gasteiger partial charge on any atom is -0.478 e. The van der Waals surface area contributed by atoms with Crippen LogP contribution in [-0.2, 0) is 6.18 Å². The van der Waals surface area contributed by atoms with Crippen LogP contribution in [-0.4, -0.2) is 24.2 Å². The molecule has 0 aliphatic rings. The number of carbonyl (C=O) groups is 1. The minimum absolute atomic E-state index is 0.157. The second-order valence-electron chi connectivity index (χ2n) is 7.28. The molecular formula is C23H28F3NO3. The van der Waals surface area contributed by atoms with E-state index in [9.17, 15) is 23.1 Å². The number of aryl methyl sites for hydroxylation is 1. The van der Waals surface area contributed by atoms with Crippen molar-refractivity contribution >= 4 is 11.7 Å². The van der Waals surface area contributed by atoms with E-state index in [1.807, 2.05) is 20.8 Å². The highest BCUT2D eigenvalue weighted by atomic mass is 19.4. The topological polar surface area (TPSA) is 49.8 Å². The van der Waals surface area contributed by atoms with Gasteiger partial charge < -0.3 is 14.7 Å². The standard InChI is InChI=1S/C23H28F3NO3/c1-4-6-12-27(13-7-5-2)20-15-17(22(28)29)14-19(23(24,25)26)21(20)30-18-10-8-16(3)9-11-18/h8-11,14-15H,4-7,12-13H2,1-3H3,(H,28,29). The molecular weight excluding hydrogens is 395 g/mol. The lowest BCUT2D eigenvalue weighted by atomic mass is 10.0. The van der Waals surface area contributed by atoms with Crippen LogP contribution in [0, 0.1) is 6.92 Å². The molecule has 2 aromatic carbocycles. The summed E-state index contributed by atoms with van der Waals surface area (Å²) in [5.74, 6) is -1.50. The first-order valence-electron chi connectivity index (χ1n) is 10.1. The summed E-state index contributed by atoms with van der Waals surface area (Å²) in [5.41, 5.74) is -0.389. The second kappa shape index (κ2) is 10.4. The average Bonchev–Trinajstić information content (AvgIpc) is 2.69. The van der Waals surface area contributed by atoms with Crippen LogP contribution in [0.25, 0.3) is 0 Å². The fourth-order valence-corrected chi connectivity index (χ4v) is 3.06. The molecule has 0 heterocycles. The van der Waals surface area contributed by atoms with Gasteiger partial charge in [0, 0.05) is 13.1 Å². The molecule has 4 nitrogen and oxygen atoms in total. The fourth-order valence-electron chi connectivity index (χ4n) is 3.06. The van der Waals surface area contributed by atoms with Crippen LogP contribution in [0.1, 0.15) is 61.0 Å². The Morgan fingerprint density at radius 2 is 1.60 bits per heavy atom. The molecule has 0 atom stereocenters. The molecule has 0 spiro atoms. The summed E-state index contributed by atoms with van der Waals surface area (Å²) in [6.07, 6.45) is -1.50. The van der Waals surface area contributed by atoms with Gasteiger partial charge in [-0.3, -0.25) is 0 Å². The van der Waals surface area contributed by atoms with Crippen molar-refractivity contribution < 1.29 is 27.8 Å². The van der Waals surface area contributed by atoms with E-state index in [0.29, 0.717) is 19.2 Å². The largest absolute Gasteiger partial charge is 0.478 e. The van der Waals surface area contributed by atoms with Gasteiger partial charge in [0.15, 0.2) is 5.75 Å². The lowest BCUT2D eigenvalue weighted by molar-refractivity contribution is -0.138. The van der Waals surface area contributed by atoms with Gasteiger partial charge in [0.25, 0.3) is 0 Å². The summed E-state index contributed by atoms with van der Waals surface area (Å²) in [6.45, 7) is 6.89. The first-order chi connectivity index (χ1) is 14.2. The van der Waals surface area contributed by atoms with E-state index < -0.39 is 23.3 Å². The Bertz CT molecular complexity index is 840. The number of ether oxygens (including phenoxy) is 1. The van der Waals surface area contributed by atoms with Crippen LogP contribution >= 0.6 is 0 Å². The summed E-state index contributed by atoms with van der Waals surface area (Å²) in [6, 6.07) is 8.64. The van der Waals surface area contributed by atoms with Gasteiger partial charge >= 0.3 is 12.1 Å². The van der Waals surface area contributed by atoms with Gasteiger partial charge in [-0.25, -0.2) is 4.79 Å². The second-order valence-corrected chi connectivity index (χ2v) is 7.28. The third-order valence-corrected chi connectivity index (χ3v) is 4.77. The first kappa shape index (κ1) is 23.6. The quantitative estimate of drug-likeness (QED) is 0.451. The maximum atomic E-state index is 13.9. The number of nitrogens with zero attached hydrogens (tertiary/aromatic N) is 1. The smallest absolute Gasteiger partial charge is 0.420 e. The van der Waals surface area contributed by atoms with E-state index in [4.69, 9.17) is 4.74 Å². The zero-order chi connectivity index (χ0) is 22.3. The van der Waals surface area contributed by atoms with Crippen molar-refractivity contribution in [3.8, 4) is 11.5 Å². The third kappa shape index (κ3) is 6.15. The minimum atomic E-state index is -4.76. The van der Waals surface area contributed by atoms with E-state index in [2.05, 4.69) is 0 Å². The van der Waals surface area contributed by atoms with Crippen molar-refractivity contribution in [1.29, 1.82) is 0 Å². The van der Waals surface area contributed by atoms with Crippen LogP contribution in [0.4, 0.5) is 18.9 Å². The molecule has 1 N–H and O–H groups in total. The number of hydrogen-bond donors (Lipinski definition) is 1. The van der Waals surface area contributed by atoms with Crippen molar-refractivity contribution in [3.05, 3.63) is 53.1 Å². The third-order valence-electron chi connectivity index (χ3n) is 4.77. The lowest BCUT2D eigenvalue weighted by Gasteiger charge is -2.29. The molecule has 0 aliphatic heterocycles. The van der Waals surface area contributed by atoms with Gasteiger partial charge in [0.05, 0.1) is 11.3 Å². The monoisotopic (exact) mass is 423 g/mol. The molecule has 2 rings (SSSR count). The molecule has 164 valence electrons. The normalized spacial score (nSPS) is 11.4. The maximum Gasteiger partial charge on any atom is 0.420 e. The van der Waals surface area contributed by atoms with Crippen molar-refractivity contribution in [3.63, 3.8) is 0 Å². The van der Waals surface area contributed by atoms with Crippen LogP contribution in [0.2, 0.25) is 0 Å². The number of rotatable bonds is 10. The highest BCUT2D eigenvalue weighted by Gasteiger charge is 2.38. The van der Waals surface area contributed by atoms with Crippen LogP contribution in [0.3, 0.4) is 0 Å². The number of halogens is 3. The van der Waals surface area contributed by atoms with Crippen molar-refractivity contribution in [2.24, 2.45) is 0 Å². The molecule has 0 fully saturated rings. The Balaban J connectivity index is 2.68. The molecule has 0 unspecified atom stereocenters. The highest BCUT2D eigenvalue weighted by Crippen LogP contribution is 2.45. The van der Waals surface area contributed by atoms with Crippen LogP contribution < -0.4 is 9.64 Å². The van der Waals surface area contributed by atoms with Crippen molar-refractivity contribution in [2.45, 2.75) is 52.6 Å². The number of carboxylic acid groups (broad SMARTS) is 1. The zero-order valence-corrected chi connectivity index (χ0v) is 17.6. The SMILES string of the molecule is CCCCN(CCCC)c1cc(C(=O)O)cc(C(F)(F)F)c1Oc1ccc(C)cc1. The van der Waals surface area contributed by atoms with Gasteiger partial charge in [0.1, 0.15) is 11.3 Å². The number of unbranched alkanes of at least 4 members (excludes halogenated alkanes) is 2. The molecule has 30 heavy (non-hydrogen) atoms.